The summed E-state index contributed by atoms with van der Waals surface area (Å²) in [5.41, 5.74) is 2.67. The fourth-order valence-electron chi connectivity index (χ4n) is 1.73. The van der Waals surface area contributed by atoms with E-state index in [2.05, 4.69) is 36.1 Å². The van der Waals surface area contributed by atoms with Gasteiger partial charge in [-0.05, 0) is 30.0 Å². The average Bonchev–Trinajstić information content (AvgIpc) is 2.73. The van der Waals surface area contributed by atoms with Crippen LogP contribution in [0.25, 0.3) is 11.0 Å². The first-order chi connectivity index (χ1) is 8.46. The molecule has 2 N–H and O–H groups in total. The second kappa shape index (κ2) is 4.80. The Morgan fingerprint density at radius 2 is 2.17 bits per heavy atom. The lowest BCUT2D eigenvalue weighted by Crippen LogP contribution is -2.27. The molecule has 0 atom stereocenters. The number of nitrogens with zero attached hydrogens (tertiary/aromatic N) is 1. The fraction of sp³-hybridized carbons (Fsp3) is 0.429. The molecule has 4 nitrogen and oxygen atoms in total. The highest BCUT2D eigenvalue weighted by atomic mass is 16.1. The van der Waals surface area contributed by atoms with Gasteiger partial charge in [-0.15, -0.1) is 0 Å². The summed E-state index contributed by atoms with van der Waals surface area (Å²) >= 11 is 0. The molecule has 0 unspecified atom stereocenters. The summed E-state index contributed by atoms with van der Waals surface area (Å²) in [5, 5.41) is 2.94. The summed E-state index contributed by atoms with van der Waals surface area (Å²) in [5.74, 6) is -0.0317. The summed E-state index contributed by atoms with van der Waals surface area (Å²) in [6, 6.07) is 5.48. The van der Waals surface area contributed by atoms with Crippen molar-refractivity contribution in [2.24, 2.45) is 5.41 Å². The van der Waals surface area contributed by atoms with Gasteiger partial charge >= 0.3 is 0 Å². The van der Waals surface area contributed by atoms with Gasteiger partial charge in [-0.2, -0.15) is 0 Å². The van der Waals surface area contributed by atoms with Gasteiger partial charge in [0.25, 0.3) is 5.91 Å². The van der Waals surface area contributed by atoms with Gasteiger partial charge in [0.05, 0.1) is 17.4 Å². The van der Waals surface area contributed by atoms with Crippen LogP contribution in [0, 0.1) is 5.41 Å². The Kier molecular flexibility index (Phi) is 3.36. The zero-order valence-corrected chi connectivity index (χ0v) is 11.1. The van der Waals surface area contributed by atoms with E-state index in [4.69, 9.17) is 0 Å². The van der Waals surface area contributed by atoms with Crippen LogP contribution in [0.5, 0.6) is 0 Å². The number of aromatic nitrogens is 2. The molecular weight excluding hydrogens is 226 g/mol. The lowest BCUT2D eigenvalue weighted by molar-refractivity contribution is 0.0949. The number of imidazole rings is 1. The number of fused-ring (bicyclic) bond motifs is 1. The van der Waals surface area contributed by atoms with Crippen LogP contribution in [0.1, 0.15) is 37.6 Å². The number of amides is 1. The van der Waals surface area contributed by atoms with Gasteiger partial charge < -0.3 is 10.3 Å². The van der Waals surface area contributed by atoms with Crippen molar-refractivity contribution in [2.75, 3.05) is 6.54 Å². The smallest absolute Gasteiger partial charge is 0.251 e. The molecule has 1 amide bonds. The largest absolute Gasteiger partial charge is 0.352 e. The molecule has 4 heteroatoms. The van der Waals surface area contributed by atoms with Crippen LogP contribution >= 0.6 is 0 Å². The number of hydrogen-bond donors (Lipinski definition) is 2. The zero-order chi connectivity index (χ0) is 13.2. The number of benzene rings is 1. The number of aromatic amines is 1. The Morgan fingerprint density at radius 3 is 2.89 bits per heavy atom. The van der Waals surface area contributed by atoms with E-state index in [0.717, 1.165) is 17.5 Å². The first-order valence-electron chi connectivity index (χ1n) is 6.17. The van der Waals surface area contributed by atoms with Crippen LogP contribution in [-0.2, 0) is 0 Å². The molecule has 2 rings (SSSR count). The van der Waals surface area contributed by atoms with E-state index in [1.807, 2.05) is 12.1 Å². The topological polar surface area (TPSA) is 57.8 Å². The molecular formula is C14H19N3O. The Labute approximate surface area is 107 Å². The Bertz CT molecular complexity index is 551. The average molecular weight is 245 g/mol. The molecule has 0 spiro atoms. The van der Waals surface area contributed by atoms with E-state index < -0.39 is 0 Å². The number of hydrogen-bond acceptors (Lipinski definition) is 2. The maximum absolute atomic E-state index is 12.0. The third-order valence-corrected chi connectivity index (χ3v) is 2.84. The van der Waals surface area contributed by atoms with Crippen LogP contribution in [0.3, 0.4) is 0 Å². The number of rotatable bonds is 3. The molecule has 0 saturated carbocycles. The maximum Gasteiger partial charge on any atom is 0.251 e. The highest BCUT2D eigenvalue weighted by Crippen LogP contribution is 2.17. The highest BCUT2D eigenvalue weighted by Gasteiger charge is 2.11. The second-order valence-electron chi connectivity index (χ2n) is 5.70. The summed E-state index contributed by atoms with van der Waals surface area (Å²) in [6.45, 7) is 7.19. The Morgan fingerprint density at radius 1 is 1.39 bits per heavy atom. The third-order valence-electron chi connectivity index (χ3n) is 2.84. The van der Waals surface area contributed by atoms with Crippen molar-refractivity contribution in [2.45, 2.75) is 27.2 Å². The van der Waals surface area contributed by atoms with Crippen molar-refractivity contribution in [3.63, 3.8) is 0 Å². The summed E-state index contributed by atoms with van der Waals surface area (Å²) in [4.78, 5) is 19.1. The number of nitrogens with one attached hydrogen (secondary N) is 2. The normalized spacial score (nSPS) is 11.7. The van der Waals surface area contributed by atoms with Crippen molar-refractivity contribution in [1.82, 2.24) is 15.3 Å². The van der Waals surface area contributed by atoms with Gasteiger partial charge in [-0.25, -0.2) is 4.98 Å². The number of carbonyl (C=O) groups is 1. The highest BCUT2D eigenvalue weighted by molar-refractivity contribution is 5.97. The minimum atomic E-state index is -0.0317. The minimum absolute atomic E-state index is 0.0317. The Hall–Kier alpha value is -1.84. The molecule has 0 aliphatic heterocycles. The summed E-state index contributed by atoms with van der Waals surface area (Å²) < 4.78 is 0. The van der Waals surface area contributed by atoms with Crippen molar-refractivity contribution < 1.29 is 4.79 Å². The van der Waals surface area contributed by atoms with Crippen LogP contribution in [0.2, 0.25) is 0 Å². The van der Waals surface area contributed by atoms with Crippen LogP contribution in [0.4, 0.5) is 0 Å². The SMILES string of the molecule is CC(C)(C)CCNC(=O)c1ccc2nc[nH]c2c1. The van der Waals surface area contributed by atoms with Gasteiger partial charge in [-0.1, -0.05) is 20.8 Å². The summed E-state index contributed by atoms with van der Waals surface area (Å²) in [7, 11) is 0. The molecule has 0 radical (unpaired) electrons. The van der Waals surface area contributed by atoms with E-state index in [9.17, 15) is 4.79 Å². The van der Waals surface area contributed by atoms with Crippen molar-refractivity contribution >= 4 is 16.9 Å². The second-order valence-corrected chi connectivity index (χ2v) is 5.70. The van der Waals surface area contributed by atoms with Gasteiger partial charge in [0.2, 0.25) is 0 Å². The first-order valence-corrected chi connectivity index (χ1v) is 6.17. The van der Waals surface area contributed by atoms with Crippen LogP contribution in [0.15, 0.2) is 24.5 Å². The van der Waals surface area contributed by atoms with Gasteiger partial charge in [0.15, 0.2) is 0 Å². The van der Waals surface area contributed by atoms with Crippen molar-refractivity contribution in [1.29, 1.82) is 0 Å². The van der Waals surface area contributed by atoms with Gasteiger partial charge in [0.1, 0.15) is 0 Å². The monoisotopic (exact) mass is 245 g/mol. The van der Waals surface area contributed by atoms with Crippen LogP contribution < -0.4 is 5.32 Å². The lowest BCUT2D eigenvalue weighted by atomic mass is 9.92. The molecule has 2 aromatic rings. The zero-order valence-electron chi connectivity index (χ0n) is 11.1. The predicted molar refractivity (Wildman–Crippen MR) is 72.5 cm³/mol. The third kappa shape index (κ3) is 3.09. The fourth-order valence-corrected chi connectivity index (χ4v) is 1.73. The minimum Gasteiger partial charge on any atom is -0.352 e. The Balaban J connectivity index is 2.00. The van der Waals surface area contributed by atoms with E-state index in [-0.39, 0.29) is 11.3 Å². The van der Waals surface area contributed by atoms with E-state index >= 15 is 0 Å². The van der Waals surface area contributed by atoms with Crippen molar-refractivity contribution in [3.05, 3.63) is 30.1 Å². The molecule has 1 aromatic carbocycles. The molecule has 0 bridgehead atoms. The molecule has 18 heavy (non-hydrogen) atoms. The molecule has 1 heterocycles. The number of H-pyrrole nitrogens is 1. The molecule has 0 aliphatic rings. The van der Waals surface area contributed by atoms with E-state index in [0.29, 0.717) is 12.1 Å². The summed E-state index contributed by atoms with van der Waals surface area (Å²) in [6.07, 6.45) is 2.59. The molecule has 96 valence electrons. The van der Waals surface area contributed by atoms with Crippen LogP contribution in [-0.4, -0.2) is 22.4 Å². The van der Waals surface area contributed by atoms with Gasteiger partial charge in [0, 0.05) is 12.1 Å². The molecule has 0 aliphatic carbocycles. The standard InChI is InChI=1S/C14H19N3O/c1-14(2,3)6-7-15-13(18)10-4-5-11-12(8-10)17-9-16-11/h4-5,8-9H,6-7H2,1-3H3,(H,15,18)(H,16,17). The lowest BCUT2D eigenvalue weighted by Gasteiger charge is -2.18. The quantitative estimate of drug-likeness (QED) is 0.873. The van der Waals surface area contributed by atoms with E-state index in [1.54, 1.807) is 12.4 Å². The first kappa shape index (κ1) is 12.6. The van der Waals surface area contributed by atoms with E-state index in [1.165, 1.54) is 0 Å². The maximum atomic E-state index is 12.0. The number of carbonyl (C=O) groups excluding carboxylic acids is 1. The van der Waals surface area contributed by atoms with Gasteiger partial charge in [-0.3, -0.25) is 4.79 Å². The van der Waals surface area contributed by atoms with Crippen molar-refractivity contribution in [3.8, 4) is 0 Å². The predicted octanol–water partition coefficient (Wildman–Crippen LogP) is 2.73. The molecule has 1 aromatic heterocycles. The molecule has 0 saturated heterocycles. The molecule has 0 fully saturated rings.